The number of nitrogens with zero attached hydrogens (tertiary/aromatic N) is 2. The molecular weight excluding hydrogens is 265 g/mol. The van der Waals surface area contributed by atoms with Crippen molar-refractivity contribution in [3.05, 3.63) is 47.3 Å². The van der Waals surface area contributed by atoms with Crippen LogP contribution in [0.15, 0.2) is 30.7 Å². The lowest BCUT2D eigenvalue weighted by molar-refractivity contribution is 0.419. The maximum atomic E-state index is 13.2. The summed E-state index contributed by atoms with van der Waals surface area (Å²) in [5.74, 6) is -0.417. The molecular formula is C14H17ClFN3. The van der Waals surface area contributed by atoms with E-state index < -0.39 is 5.82 Å². The average Bonchev–Trinajstić information content (AvgIpc) is 2.77. The van der Waals surface area contributed by atoms with Crippen LogP contribution in [0.25, 0.3) is 5.69 Å². The van der Waals surface area contributed by atoms with E-state index in [1.54, 1.807) is 24.7 Å². The lowest BCUT2D eigenvalue weighted by atomic mass is 10.1. The number of aromatic nitrogens is 2. The third kappa shape index (κ3) is 3.55. The van der Waals surface area contributed by atoms with E-state index in [9.17, 15) is 4.39 Å². The molecule has 2 aromatic rings. The van der Waals surface area contributed by atoms with Crippen LogP contribution in [0.4, 0.5) is 4.39 Å². The third-order valence-corrected chi connectivity index (χ3v) is 2.99. The summed E-state index contributed by atoms with van der Waals surface area (Å²) < 4.78 is 15.1. The maximum absolute atomic E-state index is 13.2. The number of imidazole rings is 1. The summed E-state index contributed by atoms with van der Waals surface area (Å²) in [6.45, 7) is 6.98. The number of hydrogen-bond acceptors (Lipinski definition) is 2. The van der Waals surface area contributed by atoms with Crippen molar-refractivity contribution >= 4 is 11.6 Å². The SMILES string of the molecule is CC(C)(C)NCc1cncn1-c1ccc(F)c(Cl)c1. The Morgan fingerprint density at radius 3 is 2.74 bits per heavy atom. The molecule has 0 atom stereocenters. The lowest BCUT2D eigenvalue weighted by Gasteiger charge is -2.21. The number of halogens is 2. The predicted octanol–water partition coefficient (Wildman–Crippen LogP) is 3.55. The Labute approximate surface area is 117 Å². The van der Waals surface area contributed by atoms with Gasteiger partial charge in [0.25, 0.3) is 0 Å². The molecule has 0 saturated heterocycles. The molecule has 19 heavy (non-hydrogen) atoms. The van der Waals surface area contributed by atoms with Crippen molar-refractivity contribution in [1.29, 1.82) is 0 Å². The van der Waals surface area contributed by atoms with Gasteiger partial charge in [0.05, 0.1) is 17.0 Å². The second-order valence-electron chi connectivity index (χ2n) is 5.46. The molecule has 102 valence electrons. The minimum Gasteiger partial charge on any atom is -0.306 e. The van der Waals surface area contributed by atoms with Gasteiger partial charge >= 0.3 is 0 Å². The number of benzene rings is 1. The van der Waals surface area contributed by atoms with Crippen LogP contribution >= 0.6 is 11.6 Å². The highest BCUT2D eigenvalue weighted by molar-refractivity contribution is 6.30. The molecule has 0 aliphatic heterocycles. The first-order chi connectivity index (χ1) is 8.87. The van der Waals surface area contributed by atoms with E-state index in [2.05, 4.69) is 31.1 Å². The van der Waals surface area contributed by atoms with Crippen LogP contribution in [0.1, 0.15) is 26.5 Å². The van der Waals surface area contributed by atoms with E-state index in [0.717, 1.165) is 11.4 Å². The van der Waals surface area contributed by atoms with Gasteiger partial charge in [-0.2, -0.15) is 0 Å². The summed E-state index contributed by atoms with van der Waals surface area (Å²) in [7, 11) is 0. The van der Waals surface area contributed by atoms with Crippen molar-refractivity contribution < 1.29 is 4.39 Å². The van der Waals surface area contributed by atoms with Crippen molar-refractivity contribution in [1.82, 2.24) is 14.9 Å². The van der Waals surface area contributed by atoms with Crippen molar-refractivity contribution in [2.45, 2.75) is 32.9 Å². The largest absolute Gasteiger partial charge is 0.306 e. The molecule has 3 nitrogen and oxygen atoms in total. The van der Waals surface area contributed by atoms with Gasteiger partial charge in [0, 0.05) is 24.0 Å². The van der Waals surface area contributed by atoms with Gasteiger partial charge in [-0.25, -0.2) is 9.37 Å². The summed E-state index contributed by atoms with van der Waals surface area (Å²) in [5, 5.41) is 3.50. The second kappa shape index (κ2) is 5.31. The van der Waals surface area contributed by atoms with Gasteiger partial charge in [0.1, 0.15) is 5.82 Å². The van der Waals surface area contributed by atoms with Crippen LogP contribution in [0, 0.1) is 5.82 Å². The van der Waals surface area contributed by atoms with Gasteiger partial charge in [-0.05, 0) is 39.0 Å². The zero-order chi connectivity index (χ0) is 14.0. The fourth-order valence-corrected chi connectivity index (χ4v) is 1.85. The van der Waals surface area contributed by atoms with E-state index in [1.165, 1.54) is 6.07 Å². The Kier molecular flexibility index (Phi) is 3.92. The minimum absolute atomic E-state index is 0.0234. The van der Waals surface area contributed by atoms with Crippen LogP contribution in [-0.4, -0.2) is 15.1 Å². The lowest BCUT2D eigenvalue weighted by Crippen LogP contribution is -2.35. The summed E-state index contributed by atoms with van der Waals surface area (Å²) in [5.41, 5.74) is 1.82. The zero-order valence-electron chi connectivity index (χ0n) is 11.2. The van der Waals surface area contributed by atoms with Crippen molar-refractivity contribution in [3.63, 3.8) is 0 Å². The molecule has 1 aromatic heterocycles. The topological polar surface area (TPSA) is 29.9 Å². The molecule has 0 saturated carbocycles. The van der Waals surface area contributed by atoms with E-state index in [1.807, 2.05) is 4.57 Å². The van der Waals surface area contributed by atoms with Crippen molar-refractivity contribution in [3.8, 4) is 5.69 Å². The van der Waals surface area contributed by atoms with Gasteiger partial charge in [0.2, 0.25) is 0 Å². The highest BCUT2D eigenvalue weighted by atomic mass is 35.5. The maximum Gasteiger partial charge on any atom is 0.141 e. The number of nitrogens with one attached hydrogen (secondary N) is 1. The van der Waals surface area contributed by atoms with Crippen LogP contribution in [-0.2, 0) is 6.54 Å². The molecule has 0 bridgehead atoms. The molecule has 2 rings (SSSR count). The first-order valence-electron chi connectivity index (χ1n) is 6.08. The monoisotopic (exact) mass is 281 g/mol. The Hall–Kier alpha value is -1.39. The van der Waals surface area contributed by atoms with E-state index in [4.69, 9.17) is 11.6 Å². The summed E-state index contributed by atoms with van der Waals surface area (Å²) in [4.78, 5) is 4.14. The summed E-state index contributed by atoms with van der Waals surface area (Å²) >= 11 is 5.81. The summed E-state index contributed by atoms with van der Waals surface area (Å²) in [6.07, 6.45) is 3.49. The smallest absolute Gasteiger partial charge is 0.141 e. The van der Waals surface area contributed by atoms with E-state index in [-0.39, 0.29) is 10.6 Å². The fourth-order valence-electron chi connectivity index (χ4n) is 1.68. The van der Waals surface area contributed by atoms with Crippen LogP contribution in [0.3, 0.4) is 0 Å². The first-order valence-corrected chi connectivity index (χ1v) is 6.46. The Morgan fingerprint density at radius 2 is 2.11 bits per heavy atom. The highest BCUT2D eigenvalue weighted by Gasteiger charge is 2.12. The van der Waals surface area contributed by atoms with Gasteiger partial charge in [0.15, 0.2) is 0 Å². The minimum atomic E-state index is -0.417. The Morgan fingerprint density at radius 1 is 1.37 bits per heavy atom. The molecule has 0 spiro atoms. The van der Waals surface area contributed by atoms with E-state index in [0.29, 0.717) is 6.54 Å². The molecule has 0 unspecified atom stereocenters. The molecule has 0 radical (unpaired) electrons. The molecule has 5 heteroatoms. The third-order valence-electron chi connectivity index (χ3n) is 2.70. The molecule has 0 aliphatic rings. The molecule has 1 aromatic carbocycles. The Bertz CT molecular complexity index is 572. The molecule has 1 N–H and O–H groups in total. The fraction of sp³-hybridized carbons (Fsp3) is 0.357. The number of hydrogen-bond donors (Lipinski definition) is 1. The van der Waals surface area contributed by atoms with Crippen molar-refractivity contribution in [2.24, 2.45) is 0 Å². The summed E-state index contributed by atoms with van der Waals surface area (Å²) in [6, 6.07) is 4.64. The van der Waals surface area contributed by atoms with Gasteiger partial charge < -0.3 is 9.88 Å². The van der Waals surface area contributed by atoms with Crippen LogP contribution in [0.5, 0.6) is 0 Å². The molecule has 1 heterocycles. The predicted molar refractivity (Wildman–Crippen MR) is 75.1 cm³/mol. The molecule has 0 amide bonds. The van der Waals surface area contributed by atoms with Gasteiger partial charge in [-0.3, -0.25) is 0 Å². The standard InChI is InChI=1S/C14H17ClFN3/c1-14(2,3)18-8-11-7-17-9-19(11)10-4-5-13(16)12(15)6-10/h4-7,9,18H,8H2,1-3H3. The average molecular weight is 282 g/mol. The van der Waals surface area contributed by atoms with Crippen LogP contribution < -0.4 is 5.32 Å². The Balaban J connectivity index is 2.26. The zero-order valence-corrected chi connectivity index (χ0v) is 12.0. The highest BCUT2D eigenvalue weighted by Crippen LogP contribution is 2.20. The van der Waals surface area contributed by atoms with E-state index >= 15 is 0 Å². The van der Waals surface area contributed by atoms with Gasteiger partial charge in [-0.1, -0.05) is 11.6 Å². The van der Waals surface area contributed by atoms with Crippen LogP contribution in [0.2, 0.25) is 5.02 Å². The quantitative estimate of drug-likeness (QED) is 0.932. The van der Waals surface area contributed by atoms with Crippen molar-refractivity contribution in [2.75, 3.05) is 0 Å². The first kappa shape index (κ1) is 14.0. The van der Waals surface area contributed by atoms with Gasteiger partial charge in [-0.15, -0.1) is 0 Å². The second-order valence-corrected chi connectivity index (χ2v) is 5.86. The molecule has 0 fully saturated rings. The molecule has 0 aliphatic carbocycles. The number of rotatable bonds is 3. The normalized spacial score (nSPS) is 11.8.